The van der Waals surface area contributed by atoms with E-state index < -0.39 is 11.8 Å². The van der Waals surface area contributed by atoms with Crippen LogP contribution in [0, 0.1) is 0 Å². The van der Waals surface area contributed by atoms with E-state index in [1.54, 1.807) is 0 Å². The Hall–Kier alpha value is -2.45. The molecule has 0 unspecified atom stereocenters. The number of carbonyl (C=O) groups is 2. The first-order valence-electron chi connectivity index (χ1n) is 8.83. The van der Waals surface area contributed by atoms with E-state index in [1.807, 2.05) is 31.2 Å². The van der Waals surface area contributed by atoms with Crippen molar-refractivity contribution in [1.29, 1.82) is 0 Å². The van der Waals surface area contributed by atoms with E-state index in [2.05, 4.69) is 20.7 Å². The average molecular weight is 362 g/mol. The molecule has 26 heavy (non-hydrogen) atoms. The molecule has 1 aliphatic rings. The third kappa shape index (κ3) is 7.20. The van der Waals surface area contributed by atoms with Gasteiger partial charge in [-0.15, -0.1) is 0 Å². The van der Waals surface area contributed by atoms with Gasteiger partial charge in [-0.2, -0.15) is 5.10 Å². The van der Waals surface area contributed by atoms with E-state index in [4.69, 9.17) is 9.47 Å². The van der Waals surface area contributed by atoms with Crippen LogP contribution in [0.3, 0.4) is 0 Å². The quantitative estimate of drug-likeness (QED) is 0.302. The molecule has 1 saturated heterocycles. The molecular formula is C18H26N4O4. The zero-order chi connectivity index (χ0) is 18.6. The highest BCUT2D eigenvalue weighted by Crippen LogP contribution is 2.10. The van der Waals surface area contributed by atoms with Gasteiger partial charge in [-0.05, 0) is 49.7 Å². The van der Waals surface area contributed by atoms with Gasteiger partial charge in [-0.25, -0.2) is 5.43 Å². The number of hydrogen-bond donors (Lipinski definition) is 2. The average Bonchev–Trinajstić information content (AvgIpc) is 2.67. The molecule has 8 heteroatoms. The van der Waals surface area contributed by atoms with Crippen molar-refractivity contribution >= 4 is 18.0 Å². The summed E-state index contributed by atoms with van der Waals surface area (Å²) in [6, 6.07) is 7.25. The van der Waals surface area contributed by atoms with E-state index >= 15 is 0 Å². The van der Waals surface area contributed by atoms with Crippen LogP contribution in [0.1, 0.15) is 18.9 Å². The molecule has 0 atom stereocenters. The van der Waals surface area contributed by atoms with Gasteiger partial charge >= 0.3 is 11.8 Å². The topological polar surface area (TPSA) is 92.3 Å². The Balaban J connectivity index is 1.62. The molecular weight excluding hydrogens is 336 g/mol. The van der Waals surface area contributed by atoms with Crippen molar-refractivity contribution in [2.45, 2.75) is 13.3 Å². The lowest BCUT2D eigenvalue weighted by Gasteiger charge is -2.26. The van der Waals surface area contributed by atoms with Crippen LogP contribution in [0.25, 0.3) is 0 Å². The fraction of sp³-hybridized carbons (Fsp3) is 0.500. The molecule has 2 N–H and O–H groups in total. The number of rotatable bonds is 8. The van der Waals surface area contributed by atoms with E-state index in [0.717, 1.165) is 50.6 Å². The predicted molar refractivity (Wildman–Crippen MR) is 98.2 cm³/mol. The van der Waals surface area contributed by atoms with Crippen LogP contribution in [0.4, 0.5) is 0 Å². The lowest BCUT2D eigenvalue weighted by Crippen LogP contribution is -2.40. The van der Waals surface area contributed by atoms with Gasteiger partial charge < -0.3 is 14.8 Å². The summed E-state index contributed by atoms with van der Waals surface area (Å²) in [4.78, 5) is 25.7. The van der Waals surface area contributed by atoms with Crippen molar-refractivity contribution in [3.05, 3.63) is 29.8 Å². The molecule has 2 rings (SSSR count). The summed E-state index contributed by atoms with van der Waals surface area (Å²) in [7, 11) is 0. The summed E-state index contributed by atoms with van der Waals surface area (Å²) in [6.45, 7) is 7.17. The van der Waals surface area contributed by atoms with Crippen molar-refractivity contribution in [3.63, 3.8) is 0 Å². The molecule has 0 aliphatic carbocycles. The maximum absolute atomic E-state index is 11.7. The highest BCUT2D eigenvalue weighted by molar-refractivity contribution is 6.35. The Bertz CT molecular complexity index is 598. The number of nitrogens with one attached hydrogen (secondary N) is 2. The molecule has 8 nitrogen and oxygen atoms in total. The minimum Gasteiger partial charge on any atom is -0.494 e. The van der Waals surface area contributed by atoms with Crippen LogP contribution in [0.15, 0.2) is 29.4 Å². The largest absolute Gasteiger partial charge is 0.494 e. The first kappa shape index (κ1) is 19.9. The third-order valence-corrected chi connectivity index (χ3v) is 3.82. The number of hydrogen-bond acceptors (Lipinski definition) is 6. The molecule has 0 spiro atoms. The lowest BCUT2D eigenvalue weighted by atomic mass is 10.2. The molecule has 2 amide bonds. The van der Waals surface area contributed by atoms with Gasteiger partial charge in [0.05, 0.1) is 26.0 Å². The maximum Gasteiger partial charge on any atom is 0.329 e. The highest BCUT2D eigenvalue weighted by Gasteiger charge is 2.13. The Labute approximate surface area is 153 Å². The van der Waals surface area contributed by atoms with Gasteiger partial charge in [0.1, 0.15) is 5.75 Å². The van der Waals surface area contributed by atoms with Crippen LogP contribution >= 0.6 is 0 Å². The summed E-state index contributed by atoms with van der Waals surface area (Å²) in [5.41, 5.74) is 3.01. The summed E-state index contributed by atoms with van der Waals surface area (Å²) in [5, 5.41) is 6.38. The zero-order valence-corrected chi connectivity index (χ0v) is 15.1. The Morgan fingerprint density at radius 3 is 2.65 bits per heavy atom. The highest BCUT2D eigenvalue weighted by atomic mass is 16.5. The first-order valence-corrected chi connectivity index (χ1v) is 8.83. The van der Waals surface area contributed by atoms with Gasteiger partial charge in [0.2, 0.25) is 0 Å². The van der Waals surface area contributed by atoms with Crippen LogP contribution < -0.4 is 15.5 Å². The van der Waals surface area contributed by atoms with Gasteiger partial charge in [0.15, 0.2) is 0 Å². The third-order valence-electron chi connectivity index (χ3n) is 3.82. The minimum atomic E-state index is -0.779. The zero-order valence-electron chi connectivity index (χ0n) is 15.1. The molecule has 1 aromatic rings. The minimum absolute atomic E-state index is 0.451. The number of ether oxygens (including phenoxy) is 2. The Morgan fingerprint density at radius 1 is 1.23 bits per heavy atom. The maximum atomic E-state index is 11.7. The monoisotopic (exact) mass is 362 g/mol. The molecule has 1 aliphatic heterocycles. The molecule has 1 heterocycles. The van der Waals surface area contributed by atoms with Gasteiger partial charge in [-0.1, -0.05) is 0 Å². The SMILES string of the molecule is CCOc1ccc(/C=N\NC(=O)C(=O)NCCCN2CCOCC2)cc1. The molecule has 1 aromatic carbocycles. The van der Waals surface area contributed by atoms with Crippen molar-refractivity contribution in [1.82, 2.24) is 15.6 Å². The van der Waals surface area contributed by atoms with E-state index in [1.165, 1.54) is 6.21 Å². The summed E-state index contributed by atoms with van der Waals surface area (Å²) >= 11 is 0. The van der Waals surface area contributed by atoms with Crippen LogP contribution in [0.5, 0.6) is 5.75 Å². The number of hydrazone groups is 1. The number of benzene rings is 1. The normalized spacial score (nSPS) is 15.0. The second kappa shape index (κ2) is 11.2. The lowest BCUT2D eigenvalue weighted by molar-refractivity contribution is -0.139. The second-order valence-electron chi connectivity index (χ2n) is 5.76. The molecule has 0 saturated carbocycles. The second-order valence-corrected chi connectivity index (χ2v) is 5.76. The molecule has 0 bridgehead atoms. The first-order chi connectivity index (χ1) is 12.7. The smallest absolute Gasteiger partial charge is 0.329 e. The number of nitrogens with zero attached hydrogens (tertiary/aromatic N) is 2. The fourth-order valence-electron chi connectivity index (χ4n) is 2.44. The molecule has 0 radical (unpaired) electrons. The summed E-state index contributed by atoms with van der Waals surface area (Å²) in [6.07, 6.45) is 2.26. The van der Waals surface area contributed by atoms with Crippen LogP contribution in [0.2, 0.25) is 0 Å². The van der Waals surface area contributed by atoms with Gasteiger partial charge in [0, 0.05) is 19.6 Å². The van der Waals surface area contributed by atoms with E-state index in [0.29, 0.717) is 13.2 Å². The van der Waals surface area contributed by atoms with Crippen LogP contribution in [-0.2, 0) is 14.3 Å². The molecule has 1 fully saturated rings. The Kier molecular flexibility index (Phi) is 8.57. The standard InChI is InChI=1S/C18H26N4O4/c1-2-26-16-6-4-15(5-7-16)14-20-21-18(24)17(23)19-8-3-9-22-10-12-25-13-11-22/h4-7,14H,2-3,8-13H2,1H3,(H,19,23)(H,21,24)/b20-14-. The van der Waals surface area contributed by atoms with Crippen LogP contribution in [-0.4, -0.2) is 68.9 Å². The molecule has 142 valence electrons. The van der Waals surface area contributed by atoms with E-state index in [-0.39, 0.29) is 0 Å². The number of morpholine rings is 1. The van der Waals surface area contributed by atoms with E-state index in [9.17, 15) is 9.59 Å². The molecule has 0 aromatic heterocycles. The van der Waals surface area contributed by atoms with Crippen molar-refractivity contribution < 1.29 is 19.1 Å². The number of amides is 2. The fourth-order valence-corrected chi connectivity index (χ4v) is 2.44. The van der Waals surface area contributed by atoms with Crippen molar-refractivity contribution in [2.75, 3.05) is 46.0 Å². The van der Waals surface area contributed by atoms with Crippen molar-refractivity contribution in [3.8, 4) is 5.75 Å². The summed E-state index contributed by atoms with van der Waals surface area (Å²) in [5.74, 6) is -0.695. The predicted octanol–water partition coefficient (Wildman–Crippen LogP) is 0.374. The summed E-state index contributed by atoms with van der Waals surface area (Å²) < 4.78 is 10.6. The number of carbonyl (C=O) groups excluding carboxylic acids is 2. The van der Waals surface area contributed by atoms with Crippen molar-refractivity contribution in [2.24, 2.45) is 5.10 Å². The van der Waals surface area contributed by atoms with Gasteiger partial charge in [-0.3, -0.25) is 14.5 Å². The Morgan fingerprint density at radius 2 is 1.96 bits per heavy atom. The van der Waals surface area contributed by atoms with Gasteiger partial charge in [0.25, 0.3) is 0 Å².